The van der Waals surface area contributed by atoms with Crippen molar-refractivity contribution >= 4 is 22.0 Å². The molecule has 0 aliphatic heterocycles. The summed E-state index contributed by atoms with van der Waals surface area (Å²) in [5.41, 5.74) is -0.880. The molecule has 0 heterocycles. The minimum atomic E-state index is -0.990. The van der Waals surface area contributed by atoms with Gasteiger partial charge >= 0.3 is 0 Å². The summed E-state index contributed by atoms with van der Waals surface area (Å²) < 4.78 is 14.1. The molecule has 0 unspecified atom stereocenters. The molecule has 96 valence electrons. The zero-order valence-corrected chi connectivity index (χ0v) is 11.0. The van der Waals surface area contributed by atoms with Gasteiger partial charge in [0.05, 0.1) is 4.47 Å². The van der Waals surface area contributed by atoms with Crippen molar-refractivity contribution < 1.29 is 19.4 Å². The molecule has 1 aliphatic carbocycles. The Morgan fingerprint density at radius 2 is 2.00 bits per heavy atom. The number of rotatable bonds is 2. The lowest BCUT2D eigenvalue weighted by Gasteiger charge is -2.25. The zero-order chi connectivity index (χ0) is 13.3. The normalized spacial score (nSPS) is 17.4. The molecule has 1 fully saturated rings. The molecule has 0 bridgehead atoms. The first-order valence-electron chi connectivity index (χ1n) is 5.51. The van der Waals surface area contributed by atoms with Gasteiger partial charge in [0.1, 0.15) is 11.4 Å². The fraction of sp³-hybridized carbons (Fsp3) is 0.417. The van der Waals surface area contributed by atoms with Crippen LogP contribution in [0.1, 0.15) is 31.2 Å². The van der Waals surface area contributed by atoms with E-state index in [0.717, 1.165) is 18.9 Å². The van der Waals surface area contributed by atoms with Gasteiger partial charge in [-0.15, -0.1) is 0 Å². The van der Waals surface area contributed by atoms with E-state index in [1.54, 1.807) is 0 Å². The molecule has 18 heavy (non-hydrogen) atoms. The van der Waals surface area contributed by atoms with E-state index >= 15 is 0 Å². The Bertz CT molecular complexity index is 535. The van der Waals surface area contributed by atoms with Crippen LogP contribution >= 0.6 is 15.9 Å². The predicted octanol–water partition coefficient (Wildman–Crippen LogP) is 3.10. The predicted molar refractivity (Wildman–Crippen MR) is 65.7 cm³/mol. The molecule has 1 aromatic rings. The van der Waals surface area contributed by atoms with Crippen molar-refractivity contribution in [3.05, 3.63) is 21.9 Å². The molecule has 0 saturated heterocycles. The van der Waals surface area contributed by atoms with E-state index in [4.69, 9.17) is 0 Å². The maximum absolute atomic E-state index is 14.0. The number of nitrogens with zero attached hydrogens (tertiary/aromatic N) is 1. The van der Waals surface area contributed by atoms with Crippen LogP contribution in [0.5, 0.6) is 11.5 Å². The lowest BCUT2D eigenvalue weighted by molar-refractivity contribution is 0.382. The van der Waals surface area contributed by atoms with Crippen LogP contribution in [0, 0.1) is 5.82 Å². The molecule has 0 aromatic heterocycles. The maximum atomic E-state index is 14.0. The van der Waals surface area contributed by atoms with Crippen LogP contribution in [0.25, 0.3) is 0 Å². The average Bonchev–Trinajstić information content (AvgIpc) is 2.76. The first-order valence-corrected chi connectivity index (χ1v) is 6.30. The van der Waals surface area contributed by atoms with Crippen LogP contribution in [0.2, 0.25) is 0 Å². The highest BCUT2D eigenvalue weighted by molar-refractivity contribution is 9.10. The van der Waals surface area contributed by atoms with Gasteiger partial charge in [-0.1, -0.05) is 12.8 Å². The largest absolute Gasteiger partial charge is 0.504 e. The number of halogens is 2. The van der Waals surface area contributed by atoms with E-state index in [2.05, 4.69) is 20.9 Å². The van der Waals surface area contributed by atoms with Crippen molar-refractivity contribution in [1.29, 1.82) is 0 Å². The van der Waals surface area contributed by atoms with Crippen LogP contribution < -0.4 is 0 Å². The van der Waals surface area contributed by atoms with Gasteiger partial charge in [-0.2, -0.15) is 4.99 Å². The Balaban J connectivity index is 2.69. The van der Waals surface area contributed by atoms with E-state index in [0.29, 0.717) is 12.8 Å². The van der Waals surface area contributed by atoms with Crippen LogP contribution in [0.4, 0.5) is 4.39 Å². The van der Waals surface area contributed by atoms with Crippen molar-refractivity contribution in [3.63, 3.8) is 0 Å². The van der Waals surface area contributed by atoms with Gasteiger partial charge in [0.25, 0.3) is 0 Å². The van der Waals surface area contributed by atoms with E-state index in [-0.39, 0.29) is 10.0 Å². The summed E-state index contributed by atoms with van der Waals surface area (Å²) in [6.45, 7) is 0. The standard InChI is InChI=1S/C12H11BrFNO3/c13-10-9(7(14)5-8(17)11(10)18)12(15-6-16)3-1-2-4-12/h5,17-18H,1-4H2. The molecular weight excluding hydrogens is 305 g/mol. The first kappa shape index (κ1) is 13.1. The van der Waals surface area contributed by atoms with Gasteiger partial charge < -0.3 is 10.2 Å². The molecule has 2 rings (SSSR count). The summed E-state index contributed by atoms with van der Waals surface area (Å²) in [7, 11) is 0. The molecule has 1 saturated carbocycles. The lowest BCUT2D eigenvalue weighted by Crippen LogP contribution is -2.21. The number of phenolic OH excluding ortho intramolecular Hbond substituents is 2. The number of hydrogen-bond acceptors (Lipinski definition) is 4. The number of benzene rings is 1. The summed E-state index contributed by atoms with van der Waals surface area (Å²) in [5.74, 6) is -1.69. The lowest BCUT2D eigenvalue weighted by atomic mass is 9.88. The third kappa shape index (κ3) is 1.91. The van der Waals surface area contributed by atoms with E-state index < -0.39 is 22.9 Å². The average molecular weight is 316 g/mol. The van der Waals surface area contributed by atoms with E-state index in [9.17, 15) is 19.4 Å². The van der Waals surface area contributed by atoms with Crippen LogP contribution in [-0.2, 0) is 10.3 Å². The summed E-state index contributed by atoms with van der Waals surface area (Å²) in [6.07, 6.45) is 4.15. The van der Waals surface area contributed by atoms with Crippen molar-refractivity contribution in [2.24, 2.45) is 4.99 Å². The Morgan fingerprint density at radius 1 is 1.39 bits per heavy atom. The van der Waals surface area contributed by atoms with Gasteiger partial charge in [-0.25, -0.2) is 9.18 Å². The number of aliphatic imine (C=N–C) groups is 1. The Morgan fingerprint density at radius 3 is 2.56 bits per heavy atom. The fourth-order valence-corrected chi connectivity index (χ4v) is 3.25. The van der Waals surface area contributed by atoms with E-state index in [1.165, 1.54) is 6.08 Å². The maximum Gasteiger partial charge on any atom is 0.235 e. The number of aromatic hydroxyl groups is 2. The third-order valence-corrected chi connectivity index (χ3v) is 4.10. The van der Waals surface area contributed by atoms with Gasteiger partial charge in [0.2, 0.25) is 6.08 Å². The fourth-order valence-electron chi connectivity index (χ4n) is 2.49. The zero-order valence-electron chi connectivity index (χ0n) is 9.41. The molecule has 0 atom stereocenters. The van der Waals surface area contributed by atoms with Crippen molar-refractivity contribution in [2.45, 2.75) is 31.2 Å². The highest BCUT2D eigenvalue weighted by Crippen LogP contribution is 2.49. The van der Waals surface area contributed by atoms with Gasteiger partial charge in [0, 0.05) is 11.6 Å². The minimum Gasteiger partial charge on any atom is -0.504 e. The molecule has 0 radical (unpaired) electrons. The van der Waals surface area contributed by atoms with Gasteiger partial charge in [-0.3, -0.25) is 0 Å². The minimum absolute atomic E-state index is 0.0425. The number of isocyanates is 1. The summed E-state index contributed by atoms with van der Waals surface area (Å²) >= 11 is 3.06. The third-order valence-electron chi connectivity index (χ3n) is 3.33. The Labute approximate surface area is 111 Å². The molecule has 0 amide bonds. The molecule has 0 spiro atoms. The monoisotopic (exact) mass is 315 g/mol. The van der Waals surface area contributed by atoms with Crippen LogP contribution in [-0.4, -0.2) is 16.3 Å². The second-order valence-electron chi connectivity index (χ2n) is 4.36. The number of carbonyl (C=O) groups excluding carboxylic acids is 1. The van der Waals surface area contributed by atoms with Crippen LogP contribution in [0.15, 0.2) is 15.5 Å². The number of phenols is 2. The van der Waals surface area contributed by atoms with E-state index in [1.807, 2.05) is 0 Å². The number of hydrogen-bond donors (Lipinski definition) is 2. The molecule has 1 aliphatic rings. The Hall–Kier alpha value is -1.39. The van der Waals surface area contributed by atoms with Crippen molar-refractivity contribution in [3.8, 4) is 11.5 Å². The topological polar surface area (TPSA) is 69.9 Å². The molecule has 4 nitrogen and oxygen atoms in total. The SMILES string of the molecule is O=C=NC1(c2c(F)cc(O)c(O)c2Br)CCCC1. The smallest absolute Gasteiger partial charge is 0.235 e. The molecule has 1 aromatic carbocycles. The quantitative estimate of drug-likeness (QED) is 0.500. The van der Waals surface area contributed by atoms with Crippen molar-refractivity contribution in [1.82, 2.24) is 0 Å². The second-order valence-corrected chi connectivity index (χ2v) is 5.15. The molecule has 6 heteroatoms. The summed E-state index contributed by atoms with van der Waals surface area (Å²) in [4.78, 5) is 14.3. The summed E-state index contributed by atoms with van der Waals surface area (Å²) in [6, 6.07) is 0.829. The van der Waals surface area contributed by atoms with Crippen LogP contribution in [0.3, 0.4) is 0 Å². The van der Waals surface area contributed by atoms with Crippen molar-refractivity contribution in [2.75, 3.05) is 0 Å². The molecule has 2 N–H and O–H groups in total. The second kappa shape index (κ2) is 4.71. The van der Waals surface area contributed by atoms with Gasteiger partial charge in [0.15, 0.2) is 11.5 Å². The molecular formula is C12H11BrFNO3. The summed E-state index contributed by atoms with van der Waals surface area (Å²) in [5, 5.41) is 19.0. The first-order chi connectivity index (χ1) is 8.52. The van der Waals surface area contributed by atoms with Gasteiger partial charge in [-0.05, 0) is 28.8 Å². The highest BCUT2D eigenvalue weighted by atomic mass is 79.9. The highest BCUT2D eigenvalue weighted by Gasteiger charge is 2.40. The Kier molecular flexibility index (Phi) is 3.41.